The van der Waals surface area contributed by atoms with Crippen LogP contribution < -0.4 is 10.5 Å². The molecule has 9 heteroatoms. The number of aromatic amines is 1. The van der Waals surface area contributed by atoms with Crippen LogP contribution in [0.3, 0.4) is 0 Å². The molecule has 1 aliphatic heterocycles. The number of aryl methyl sites for hydroxylation is 1. The van der Waals surface area contributed by atoms with E-state index in [2.05, 4.69) is 24.8 Å². The van der Waals surface area contributed by atoms with Crippen LogP contribution in [-0.4, -0.2) is 58.0 Å². The third-order valence-electron chi connectivity index (χ3n) is 3.70. The largest absolute Gasteiger partial charge is 0.397 e. The summed E-state index contributed by atoms with van der Waals surface area (Å²) in [5.74, 6) is 1.15. The average molecular weight is 386 g/mol. The maximum Gasteiger partial charge on any atom is 0.277 e. The van der Waals surface area contributed by atoms with Crippen LogP contribution in [0.25, 0.3) is 11.0 Å². The van der Waals surface area contributed by atoms with E-state index in [1.807, 2.05) is 13.8 Å². The minimum absolute atomic E-state index is 0.0579. The van der Waals surface area contributed by atoms with Crippen LogP contribution in [-0.2, 0) is 4.74 Å². The molecule has 1 saturated heterocycles. The molecule has 0 radical (unpaired) electrons. The number of ether oxygens (including phenoxy) is 1. The van der Waals surface area contributed by atoms with Gasteiger partial charge in [-0.2, -0.15) is 4.98 Å². The fourth-order valence-corrected chi connectivity index (χ4v) is 2.79. The summed E-state index contributed by atoms with van der Waals surface area (Å²) < 4.78 is 5.37. The molecule has 0 spiro atoms. The molecule has 1 fully saturated rings. The van der Waals surface area contributed by atoms with Crippen LogP contribution in [0.2, 0.25) is 5.28 Å². The molecule has 0 atom stereocenters. The minimum Gasteiger partial charge on any atom is -0.397 e. The van der Waals surface area contributed by atoms with Crippen LogP contribution in [0.5, 0.6) is 0 Å². The number of fused-ring (bicyclic) bond motifs is 1. The Hall–Kier alpha value is -1.77. The van der Waals surface area contributed by atoms with E-state index in [4.69, 9.17) is 21.4 Å². The molecular formula is C17H28ClN5O3. The Kier molecular flexibility index (Phi) is 9.47. The Morgan fingerprint density at radius 1 is 1.23 bits per heavy atom. The fourth-order valence-electron chi connectivity index (χ4n) is 2.62. The Balaban J connectivity index is 0.000000615. The van der Waals surface area contributed by atoms with Gasteiger partial charge in [0.2, 0.25) is 5.28 Å². The number of aliphatic hydroxyl groups is 1. The molecule has 0 unspecified atom stereocenters. The van der Waals surface area contributed by atoms with Crippen molar-refractivity contribution in [3.05, 3.63) is 21.5 Å². The SMILES string of the molecule is CC.CCO.COC1CCN(c2nc(Cl)nc3c(=O)[nH]c(C)nc23)CC1. The van der Waals surface area contributed by atoms with Crippen molar-refractivity contribution in [2.24, 2.45) is 0 Å². The van der Waals surface area contributed by atoms with Crippen molar-refractivity contribution in [1.82, 2.24) is 19.9 Å². The van der Waals surface area contributed by atoms with Crippen LogP contribution in [0, 0.1) is 6.92 Å². The summed E-state index contributed by atoms with van der Waals surface area (Å²) in [7, 11) is 1.72. The summed E-state index contributed by atoms with van der Waals surface area (Å²) in [6.45, 7) is 9.24. The Labute approximate surface area is 158 Å². The summed E-state index contributed by atoms with van der Waals surface area (Å²) >= 11 is 5.96. The minimum atomic E-state index is -0.296. The van der Waals surface area contributed by atoms with E-state index in [0.717, 1.165) is 25.9 Å². The third kappa shape index (κ3) is 5.62. The number of nitrogens with zero attached hydrogens (tertiary/aromatic N) is 4. The molecule has 1 aliphatic rings. The number of hydrogen-bond donors (Lipinski definition) is 2. The number of H-pyrrole nitrogens is 1. The summed E-state index contributed by atoms with van der Waals surface area (Å²) in [6.07, 6.45) is 2.08. The van der Waals surface area contributed by atoms with Crippen molar-refractivity contribution < 1.29 is 9.84 Å². The average Bonchev–Trinajstić information content (AvgIpc) is 2.64. The number of piperidine rings is 1. The topological polar surface area (TPSA) is 104 Å². The highest BCUT2D eigenvalue weighted by Crippen LogP contribution is 2.25. The first-order valence-corrected chi connectivity index (χ1v) is 9.20. The van der Waals surface area contributed by atoms with Crippen LogP contribution in [0.15, 0.2) is 4.79 Å². The number of aromatic nitrogens is 4. The van der Waals surface area contributed by atoms with Gasteiger partial charge in [0, 0.05) is 26.8 Å². The third-order valence-corrected chi connectivity index (χ3v) is 3.87. The molecule has 2 aromatic heterocycles. The number of aliphatic hydroxyl groups excluding tert-OH is 1. The van der Waals surface area contributed by atoms with Crippen molar-refractivity contribution in [3.63, 3.8) is 0 Å². The number of nitrogens with one attached hydrogen (secondary N) is 1. The molecule has 2 N–H and O–H groups in total. The summed E-state index contributed by atoms with van der Waals surface area (Å²) in [4.78, 5) is 29.4. The number of rotatable bonds is 2. The smallest absolute Gasteiger partial charge is 0.277 e. The second kappa shape index (κ2) is 11.1. The molecule has 0 aliphatic carbocycles. The Bertz CT molecular complexity index is 745. The van der Waals surface area contributed by atoms with Gasteiger partial charge in [0.15, 0.2) is 11.3 Å². The molecule has 0 aromatic carbocycles. The van der Waals surface area contributed by atoms with E-state index >= 15 is 0 Å². The van der Waals surface area contributed by atoms with E-state index in [-0.39, 0.29) is 29.1 Å². The zero-order valence-corrected chi connectivity index (χ0v) is 16.8. The lowest BCUT2D eigenvalue weighted by Gasteiger charge is -2.32. The molecule has 26 heavy (non-hydrogen) atoms. The Morgan fingerprint density at radius 2 is 1.81 bits per heavy atom. The van der Waals surface area contributed by atoms with Crippen LogP contribution in [0.1, 0.15) is 39.4 Å². The van der Waals surface area contributed by atoms with Crippen molar-refractivity contribution in [2.75, 3.05) is 31.7 Å². The second-order valence-electron chi connectivity index (χ2n) is 5.40. The first kappa shape index (κ1) is 22.3. The zero-order valence-electron chi connectivity index (χ0n) is 16.0. The van der Waals surface area contributed by atoms with Crippen LogP contribution in [0.4, 0.5) is 5.82 Å². The van der Waals surface area contributed by atoms with E-state index < -0.39 is 0 Å². The number of methoxy groups -OCH3 is 1. The number of hydrogen-bond acceptors (Lipinski definition) is 7. The van der Waals surface area contributed by atoms with E-state index in [1.165, 1.54) is 0 Å². The summed E-state index contributed by atoms with van der Waals surface area (Å²) in [6, 6.07) is 0. The number of halogens is 1. The van der Waals surface area contributed by atoms with Crippen LogP contribution >= 0.6 is 11.6 Å². The lowest BCUT2D eigenvalue weighted by atomic mass is 10.1. The predicted molar refractivity (Wildman–Crippen MR) is 104 cm³/mol. The van der Waals surface area contributed by atoms with Gasteiger partial charge in [-0.25, -0.2) is 9.97 Å². The van der Waals surface area contributed by atoms with Gasteiger partial charge in [0.25, 0.3) is 5.56 Å². The van der Waals surface area contributed by atoms with Crippen molar-refractivity contribution in [2.45, 2.75) is 46.6 Å². The van der Waals surface area contributed by atoms with Gasteiger partial charge in [0.05, 0.1) is 6.10 Å². The molecule has 0 amide bonds. The van der Waals surface area contributed by atoms with E-state index in [0.29, 0.717) is 17.2 Å². The van der Waals surface area contributed by atoms with Gasteiger partial charge in [-0.1, -0.05) is 13.8 Å². The van der Waals surface area contributed by atoms with Gasteiger partial charge < -0.3 is 19.7 Å². The lowest BCUT2D eigenvalue weighted by molar-refractivity contribution is 0.0818. The zero-order chi connectivity index (χ0) is 19.7. The molecule has 3 heterocycles. The summed E-state index contributed by atoms with van der Waals surface area (Å²) in [5, 5.41) is 7.63. The maximum atomic E-state index is 12.0. The molecular weight excluding hydrogens is 358 g/mol. The quantitative estimate of drug-likeness (QED) is 0.764. The van der Waals surface area contributed by atoms with Gasteiger partial charge in [-0.15, -0.1) is 0 Å². The first-order valence-electron chi connectivity index (χ1n) is 8.82. The molecule has 0 bridgehead atoms. The highest BCUT2D eigenvalue weighted by Gasteiger charge is 2.23. The van der Waals surface area contributed by atoms with Gasteiger partial charge in [-0.05, 0) is 38.3 Å². The Morgan fingerprint density at radius 3 is 2.35 bits per heavy atom. The lowest BCUT2D eigenvalue weighted by Crippen LogP contribution is -2.37. The monoisotopic (exact) mass is 385 g/mol. The van der Waals surface area contributed by atoms with Crippen molar-refractivity contribution >= 4 is 28.5 Å². The molecule has 0 saturated carbocycles. The molecule has 146 valence electrons. The van der Waals surface area contributed by atoms with Gasteiger partial charge in [-0.3, -0.25) is 4.79 Å². The van der Waals surface area contributed by atoms with E-state index in [1.54, 1.807) is 21.0 Å². The molecule has 2 aromatic rings. The fraction of sp³-hybridized carbons (Fsp3) is 0.647. The van der Waals surface area contributed by atoms with Crippen molar-refractivity contribution in [1.29, 1.82) is 0 Å². The first-order chi connectivity index (χ1) is 12.5. The second-order valence-corrected chi connectivity index (χ2v) is 5.74. The normalized spacial score (nSPS) is 14.3. The van der Waals surface area contributed by atoms with Gasteiger partial charge >= 0.3 is 0 Å². The predicted octanol–water partition coefficient (Wildman–Crippen LogP) is 2.31. The van der Waals surface area contributed by atoms with Gasteiger partial charge in [0.1, 0.15) is 11.3 Å². The van der Waals surface area contributed by atoms with E-state index in [9.17, 15) is 4.79 Å². The maximum absolute atomic E-state index is 12.0. The number of anilines is 1. The highest BCUT2D eigenvalue weighted by molar-refractivity contribution is 6.28. The highest BCUT2D eigenvalue weighted by atomic mass is 35.5. The van der Waals surface area contributed by atoms with Crippen molar-refractivity contribution in [3.8, 4) is 0 Å². The summed E-state index contributed by atoms with van der Waals surface area (Å²) in [5.41, 5.74) is 0.427. The molecule has 3 rings (SSSR count). The molecule has 8 nitrogen and oxygen atoms in total. The standard InChI is InChI=1S/C13H16ClN5O2.C2H6O.C2H6/c1-7-15-9-10(12(20)16-7)17-13(14)18-11(9)19-5-3-8(21-2)4-6-19;1-2-3;1-2/h8H,3-6H2,1-2H3,(H,15,16,20);3H,2H2,1H3;1-2H3.